The molecule has 1 N–H and O–H groups in total. The number of amides is 1. The van der Waals surface area contributed by atoms with Crippen LogP contribution in [0.3, 0.4) is 0 Å². The van der Waals surface area contributed by atoms with Gasteiger partial charge in [-0.15, -0.1) is 0 Å². The molecule has 0 unspecified atom stereocenters. The fourth-order valence-electron chi connectivity index (χ4n) is 2.68. The number of rotatable bonds is 4. The minimum atomic E-state index is -0.258. The van der Waals surface area contributed by atoms with E-state index < -0.39 is 0 Å². The molecular weight excluding hydrogens is 348 g/mol. The third-order valence-corrected chi connectivity index (χ3v) is 4.77. The quantitative estimate of drug-likeness (QED) is 0.743. The molecule has 3 aromatic rings. The lowest BCUT2D eigenvalue weighted by Gasteiger charge is -2.12. The van der Waals surface area contributed by atoms with E-state index in [-0.39, 0.29) is 11.5 Å². The number of nitrogens with one attached hydrogen (secondary N) is 1. The summed E-state index contributed by atoms with van der Waals surface area (Å²) in [5.41, 5.74) is 3.93. The molecule has 0 aliphatic heterocycles. The van der Waals surface area contributed by atoms with Crippen LogP contribution in [0, 0.1) is 13.8 Å². The monoisotopic (exact) mass is 366 g/mol. The van der Waals surface area contributed by atoms with Crippen molar-refractivity contribution in [3.8, 4) is 0 Å². The fraction of sp³-hybridized carbons (Fsp3) is 0.143. The number of carbonyl (C=O) groups is 1. The van der Waals surface area contributed by atoms with E-state index in [1.54, 1.807) is 12.3 Å². The first-order chi connectivity index (χ1) is 12.5. The van der Waals surface area contributed by atoms with E-state index in [1.165, 1.54) is 16.7 Å². The number of hydrogen-bond acceptors (Lipinski definition) is 2. The molecule has 4 nitrogen and oxygen atoms in total. The first-order valence-corrected chi connectivity index (χ1v) is 8.65. The molecule has 0 atom stereocenters. The molecule has 1 aromatic heterocycles. The highest BCUT2D eigenvalue weighted by Crippen LogP contribution is 2.19. The highest BCUT2D eigenvalue weighted by atomic mass is 35.5. The predicted octanol–water partition coefficient (Wildman–Crippen LogP) is 4.42. The third-order valence-electron chi connectivity index (χ3n) is 4.40. The van der Waals surface area contributed by atoms with E-state index in [9.17, 15) is 9.59 Å². The van der Waals surface area contributed by atoms with Crippen molar-refractivity contribution in [2.45, 2.75) is 20.4 Å². The summed E-state index contributed by atoms with van der Waals surface area (Å²) in [6.07, 6.45) is 1.56. The van der Waals surface area contributed by atoms with Gasteiger partial charge in [0.25, 0.3) is 11.5 Å². The van der Waals surface area contributed by atoms with Crippen LogP contribution >= 0.6 is 11.6 Å². The molecule has 0 saturated heterocycles. The van der Waals surface area contributed by atoms with Crippen molar-refractivity contribution in [3.05, 3.63) is 98.4 Å². The van der Waals surface area contributed by atoms with Crippen molar-refractivity contribution in [1.82, 2.24) is 4.57 Å². The number of hydrogen-bond donors (Lipinski definition) is 1. The molecule has 0 bridgehead atoms. The summed E-state index contributed by atoms with van der Waals surface area (Å²) in [6, 6.07) is 16.0. The lowest BCUT2D eigenvalue weighted by Crippen LogP contribution is -2.22. The smallest absolute Gasteiger partial charge is 0.257 e. The molecule has 0 saturated carbocycles. The SMILES string of the molecule is Cc1cccc(NC(=O)c2ccc(=O)n(Cc3ccccc3Cl)c2)c1C. The van der Waals surface area contributed by atoms with Gasteiger partial charge in [0.1, 0.15) is 0 Å². The molecule has 5 heteroatoms. The predicted molar refractivity (Wildman–Crippen MR) is 105 cm³/mol. The first-order valence-electron chi connectivity index (χ1n) is 8.27. The van der Waals surface area contributed by atoms with E-state index in [1.807, 2.05) is 50.2 Å². The highest BCUT2D eigenvalue weighted by molar-refractivity contribution is 6.31. The minimum Gasteiger partial charge on any atom is -0.322 e. The average molecular weight is 367 g/mol. The number of aryl methyl sites for hydroxylation is 1. The van der Waals surface area contributed by atoms with Gasteiger partial charge >= 0.3 is 0 Å². The highest BCUT2D eigenvalue weighted by Gasteiger charge is 2.11. The van der Waals surface area contributed by atoms with Crippen molar-refractivity contribution >= 4 is 23.2 Å². The van der Waals surface area contributed by atoms with Gasteiger partial charge in [-0.1, -0.05) is 41.9 Å². The Morgan fingerprint density at radius 2 is 1.81 bits per heavy atom. The largest absolute Gasteiger partial charge is 0.322 e. The van der Waals surface area contributed by atoms with E-state index in [0.717, 1.165) is 22.4 Å². The standard InChI is InChI=1S/C21H19ClN2O2/c1-14-6-5-9-19(15(14)2)23-21(26)17-10-11-20(25)24(13-17)12-16-7-3-4-8-18(16)22/h3-11,13H,12H2,1-2H3,(H,23,26). The second-order valence-electron chi connectivity index (χ2n) is 6.18. The van der Waals surface area contributed by atoms with Crippen LogP contribution in [0.25, 0.3) is 0 Å². The second-order valence-corrected chi connectivity index (χ2v) is 6.58. The van der Waals surface area contributed by atoms with E-state index in [2.05, 4.69) is 5.32 Å². The minimum absolute atomic E-state index is 0.187. The molecule has 26 heavy (non-hydrogen) atoms. The van der Waals surface area contributed by atoms with E-state index in [0.29, 0.717) is 17.1 Å². The Kier molecular flexibility index (Phi) is 5.24. The van der Waals surface area contributed by atoms with Gasteiger partial charge in [-0.25, -0.2) is 0 Å². The zero-order valence-electron chi connectivity index (χ0n) is 14.6. The molecule has 1 amide bonds. The molecule has 0 aliphatic rings. The summed E-state index contributed by atoms with van der Waals surface area (Å²) >= 11 is 6.17. The van der Waals surface area contributed by atoms with Gasteiger partial charge in [-0.2, -0.15) is 0 Å². The maximum atomic E-state index is 12.6. The Morgan fingerprint density at radius 3 is 2.58 bits per heavy atom. The van der Waals surface area contributed by atoms with Gasteiger partial charge in [0.2, 0.25) is 0 Å². The molecule has 3 rings (SSSR count). The van der Waals surface area contributed by atoms with Crippen molar-refractivity contribution < 1.29 is 4.79 Å². The molecule has 0 spiro atoms. The van der Waals surface area contributed by atoms with E-state index in [4.69, 9.17) is 11.6 Å². The van der Waals surface area contributed by atoms with Gasteiger partial charge in [0.15, 0.2) is 0 Å². The van der Waals surface area contributed by atoms with Gasteiger partial charge in [0.05, 0.1) is 12.1 Å². The summed E-state index contributed by atoms with van der Waals surface area (Å²) in [4.78, 5) is 24.8. The average Bonchev–Trinajstić information content (AvgIpc) is 2.62. The normalized spacial score (nSPS) is 10.6. The molecule has 132 valence electrons. The molecule has 0 fully saturated rings. The van der Waals surface area contributed by atoms with Crippen LogP contribution in [-0.2, 0) is 6.54 Å². The maximum absolute atomic E-state index is 12.6. The van der Waals surface area contributed by atoms with E-state index >= 15 is 0 Å². The van der Waals surface area contributed by atoms with Crippen molar-refractivity contribution in [2.24, 2.45) is 0 Å². The third kappa shape index (κ3) is 3.86. The summed E-state index contributed by atoms with van der Waals surface area (Å²) < 4.78 is 1.49. The summed E-state index contributed by atoms with van der Waals surface area (Å²) in [5.74, 6) is -0.258. The molecule has 0 radical (unpaired) electrons. The van der Waals surface area contributed by atoms with Crippen molar-refractivity contribution in [1.29, 1.82) is 0 Å². The Labute approximate surface area is 157 Å². The second kappa shape index (κ2) is 7.58. The van der Waals surface area contributed by atoms with Crippen molar-refractivity contribution in [3.63, 3.8) is 0 Å². The van der Waals surface area contributed by atoms with Crippen LogP contribution in [0.2, 0.25) is 5.02 Å². The fourth-order valence-corrected chi connectivity index (χ4v) is 2.88. The number of halogens is 1. The van der Waals surface area contributed by atoms with Crippen LogP contribution < -0.4 is 10.9 Å². The Balaban J connectivity index is 1.87. The van der Waals surface area contributed by atoms with Crippen LogP contribution in [-0.4, -0.2) is 10.5 Å². The number of carbonyl (C=O) groups excluding carboxylic acids is 1. The molecule has 1 heterocycles. The first kappa shape index (κ1) is 18.0. The lowest BCUT2D eigenvalue weighted by molar-refractivity contribution is 0.102. The zero-order valence-corrected chi connectivity index (χ0v) is 15.4. The van der Waals surface area contributed by atoms with Gasteiger partial charge in [-0.3, -0.25) is 9.59 Å². The summed E-state index contributed by atoms with van der Waals surface area (Å²) in [6.45, 7) is 4.27. The Morgan fingerprint density at radius 1 is 1.04 bits per heavy atom. The summed E-state index contributed by atoms with van der Waals surface area (Å²) in [5, 5.41) is 3.50. The van der Waals surface area contributed by atoms with Gasteiger partial charge < -0.3 is 9.88 Å². The molecule has 2 aromatic carbocycles. The number of anilines is 1. The van der Waals surface area contributed by atoms with Gasteiger partial charge in [-0.05, 0) is 48.7 Å². The topological polar surface area (TPSA) is 51.1 Å². The maximum Gasteiger partial charge on any atom is 0.257 e. The molecular formula is C21H19ClN2O2. The molecule has 0 aliphatic carbocycles. The Hall–Kier alpha value is -2.85. The summed E-state index contributed by atoms with van der Waals surface area (Å²) in [7, 11) is 0. The van der Waals surface area contributed by atoms with Crippen molar-refractivity contribution in [2.75, 3.05) is 5.32 Å². The van der Waals surface area contributed by atoms with Crippen LogP contribution in [0.5, 0.6) is 0 Å². The Bertz CT molecular complexity index is 1020. The van der Waals surface area contributed by atoms with Crippen LogP contribution in [0.15, 0.2) is 65.6 Å². The lowest BCUT2D eigenvalue weighted by atomic mass is 10.1. The van der Waals surface area contributed by atoms with Crippen LogP contribution in [0.4, 0.5) is 5.69 Å². The van der Waals surface area contributed by atoms with Crippen LogP contribution in [0.1, 0.15) is 27.0 Å². The number of benzene rings is 2. The number of pyridine rings is 1. The zero-order chi connectivity index (χ0) is 18.7. The number of nitrogens with zero attached hydrogens (tertiary/aromatic N) is 1. The van der Waals surface area contributed by atoms with Gasteiger partial charge in [0, 0.05) is 23.0 Å². The number of aromatic nitrogens is 1.